The fraction of sp³-hybridized carbons (Fsp3) is 0.273. The minimum atomic E-state index is -0.167. The summed E-state index contributed by atoms with van der Waals surface area (Å²) in [5.74, 6) is 0. The maximum Gasteiger partial charge on any atom is 0.258 e. The minimum Gasteiger partial charge on any atom is -0.359 e. The molecule has 0 unspecified atom stereocenters. The smallest absolute Gasteiger partial charge is 0.258 e. The first-order valence-electron chi connectivity index (χ1n) is 10.1. The number of aromatic nitrogens is 4. The fourth-order valence-electron chi connectivity index (χ4n) is 3.89. The molecular weight excluding hydrogens is 396 g/mol. The number of rotatable bonds is 5. The van der Waals surface area contributed by atoms with Gasteiger partial charge < -0.3 is 10.3 Å². The molecule has 8 heteroatoms. The highest BCUT2D eigenvalue weighted by Crippen LogP contribution is 2.28. The molecule has 1 aliphatic heterocycles. The van der Waals surface area contributed by atoms with Crippen LogP contribution >= 0.6 is 11.3 Å². The van der Waals surface area contributed by atoms with Crippen LogP contribution in [0.15, 0.2) is 59.1 Å². The number of benzene rings is 1. The Kier molecular flexibility index (Phi) is 5.25. The average Bonchev–Trinajstić information content (AvgIpc) is 3.24. The first-order chi connectivity index (χ1) is 14.8. The molecule has 1 fully saturated rings. The van der Waals surface area contributed by atoms with Crippen molar-refractivity contribution >= 4 is 27.4 Å². The lowest BCUT2D eigenvalue weighted by molar-refractivity contribution is 0.211. The van der Waals surface area contributed by atoms with E-state index in [9.17, 15) is 4.79 Å². The molecule has 0 bridgehead atoms. The van der Waals surface area contributed by atoms with E-state index in [4.69, 9.17) is 4.98 Å². The van der Waals surface area contributed by atoms with E-state index < -0.39 is 0 Å². The molecule has 7 nitrogen and oxygen atoms in total. The number of fused-ring (bicyclic) bond motifs is 1. The second-order valence-electron chi connectivity index (χ2n) is 7.51. The van der Waals surface area contributed by atoms with Crippen LogP contribution in [0, 0.1) is 0 Å². The summed E-state index contributed by atoms with van der Waals surface area (Å²) in [6.07, 6.45) is 5.21. The number of hydrogen-bond acceptors (Lipinski definition) is 7. The molecule has 5 rings (SSSR count). The lowest BCUT2D eigenvalue weighted by atomic mass is 10.0. The summed E-state index contributed by atoms with van der Waals surface area (Å²) in [6, 6.07) is 12.7. The Morgan fingerprint density at radius 1 is 1.13 bits per heavy atom. The first-order valence-corrected chi connectivity index (χ1v) is 11.0. The number of nitrogens with zero attached hydrogens (tertiary/aromatic N) is 4. The number of hydrogen-bond donors (Lipinski definition) is 2. The highest BCUT2D eigenvalue weighted by molar-refractivity contribution is 7.14. The van der Waals surface area contributed by atoms with Crippen molar-refractivity contribution in [3.05, 3.63) is 70.2 Å². The summed E-state index contributed by atoms with van der Waals surface area (Å²) in [5, 5.41) is 6.96. The Balaban J connectivity index is 1.24. The van der Waals surface area contributed by atoms with E-state index in [1.165, 1.54) is 11.9 Å². The van der Waals surface area contributed by atoms with Crippen LogP contribution in [-0.4, -0.2) is 44.0 Å². The molecule has 4 aromatic rings. The molecule has 2 N–H and O–H groups in total. The summed E-state index contributed by atoms with van der Waals surface area (Å²) in [4.78, 5) is 30.6. The quantitative estimate of drug-likeness (QED) is 0.516. The predicted molar refractivity (Wildman–Crippen MR) is 120 cm³/mol. The highest BCUT2D eigenvalue weighted by Gasteiger charge is 2.20. The number of thiazole rings is 1. The summed E-state index contributed by atoms with van der Waals surface area (Å²) in [5.41, 5.74) is 3.16. The number of nitrogens with one attached hydrogen (secondary N) is 2. The van der Waals surface area contributed by atoms with Gasteiger partial charge in [0, 0.05) is 37.3 Å². The summed E-state index contributed by atoms with van der Waals surface area (Å²) < 4.78 is 0. The average molecular weight is 419 g/mol. The standard InChI is InChI=1S/C22H22N6OS/c29-21-17-6-9-23-20(19(17)24-14-25-21)18-13-30-22(27-18)26-16-7-10-28(11-8-16)12-15-4-2-1-3-5-15/h1-6,9,13-14,16H,7-8,10-12H2,(H,26,27)(H,24,25,29). The summed E-state index contributed by atoms with van der Waals surface area (Å²) in [7, 11) is 0. The zero-order valence-electron chi connectivity index (χ0n) is 16.4. The van der Waals surface area contributed by atoms with Crippen LogP contribution in [0.1, 0.15) is 18.4 Å². The van der Waals surface area contributed by atoms with Crippen LogP contribution in [0.3, 0.4) is 0 Å². The van der Waals surface area contributed by atoms with E-state index >= 15 is 0 Å². The van der Waals surface area contributed by atoms with Crippen molar-refractivity contribution in [3.63, 3.8) is 0 Å². The number of anilines is 1. The van der Waals surface area contributed by atoms with Crippen LogP contribution in [0.2, 0.25) is 0 Å². The second-order valence-corrected chi connectivity index (χ2v) is 8.36. The maximum absolute atomic E-state index is 12.0. The van der Waals surface area contributed by atoms with Gasteiger partial charge in [0.1, 0.15) is 16.9 Å². The van der Waals surface area contributed by atoms with Gasteiger partial charge in [-0.3, -0.25) is 14.7 Å². The van der Waals surface area contributed by atoms with Gasteiger partial charge in [-0.2, -0.15) is 0 Å². The van der Waals surface area contributed by atoms with Crippen LogP contribution < -0.4 is 10.9 Å². The number of pyridine rings is 1. The summed E-state index contributed by atoms with van der Waals surface area (Å²) >= 11 is 1.56. The summed E-state index contributed by atoms with van der Waals surface area (Å²) in [6.45, 7) is 3.15. The van der Waals surface area contributed by atoms with Gasteiger partial charge in [-0.25, -0.2) is 9.97 Å². The van der Waals surface area contributed by atoms with Crippen molar-refractivity contribution in [1.29, 1.82) is 0 Å². The van der Waals surface area contributed by atoms with Crippen LogP contribution in [0.4, 0.5) is 5.13 Å². The molecule has 152 valence electrons. The van der Waals surface area contributed by atoms with Gasteiger partial charge >= 0.3 is 0 Å². The molecule has 4 heterocycles. The van der Waals surface area contributed by atoms with Crippen molar-refractivity contribution in [2.75, 3.05) is 18.4 Å². The molecule has 0 atom stereocenters. The minimum absolute atomic E-state index is 0.167. The van der Waals surface area contributed by atoms with Crippen molar-refractivity contribution in [3.8, 4) is 11.4 Å². The molecule has 1 aliphatic rings. The van der Waals surface area contributed by atoms with Crippen LogP contribution in [0.25, 0.3) is 22.3 Å². The van der Waals surface area contributed by atoms with E-state index in [0.29, 0.717) is 22.6 Å². The number of likely N-dealkylation sites (tertiary alicyclic amines) is 1. The van der Waals surface area contributed by atoms with E-state index in [1.807, 2.05) is 5.38 Å². The Labute approximate surface area is 177 Å². The van der Waals surface area contributed by atoms with Gasteiger partial charge in [0.25, 0.3) is 5.56 Å². The Morgan fingerprint density at radius 2 is 1.97 bits per heavy atom. The molecule has 1 aromatic carbocycles. The second kappa shape index (κ2) is 8.33. The molecule has 0 amide bonds. The number of piperidine rings is 1. The number of aromatic amines is 1. The van der Waals surface area contributed by atoms with Crippen molar-refractivity contribution in [2.24, 2.45) is 0 Å². The van der Waals surface area contributed by atoms with Crippen LogP contribution in [-0.2, 0) is 6.54 Å². The van der Waals surface area contributed by atoms with Gasteiger partial charge in [-0.15, -0.1) is 11.3 Å². The molecule has 0 saturated carbocycles. The lowest BCUT2D eigenvalue weighted by Gasteiger charge is -2.32. The van der Waals surface area contributed by atoms with Gasteiger partial charge in [-0.05, 0) is 24.5 Å². The van der Waals surface area contributed by atoms with Gasteiger partial charge in [0.15, 0.2) is 5.13 Å². The third-order valence-electron chi connectivity index (χ3n) is 5.47. The molecule has 0 radical (unpaired) electrons. The van der Waals surface area contributed by atoms with Crippen molar-refractivity contribution < 1.29 is 0 Å². The van der Waals surface area contributed by atoms with E-state index in [1.54, 1.807) is 23.6 Å². The molecular formula is C22H22N6OS. The Hall–Kier alpha value is -3.10. The zero-order chi connectivity index (χ0) is 20.3. The first kappa shape index (κ1) is 18.9. The SMILES string of the molecule is O=c1[nH]cnc2c(-c3csc(NC4CCN(Cc5ccccc5)CC4)n3)nccc12. The van der Waals surface area contributed by atoms with E-state index in [2.05, 4.69) is 55.5 Å². The highest BCUT2D eigenvalue weighted by atomic mass is 32.1. The fourth-order valence-corrected chi connectivity index (χ4v) is 4.66. The molecule has 30 heavy (non-hydrogen) atoms. The lowest BCUT2D eigenvalue weighted by Crippen LogP contribution is -2.38. The Morgan fingerprint density at radius 3 is 2.80 bits per heavy atom. The topological polar surface area (TPSA) is 86.8 Å². The van der Waals surface area contributed by atoms with Crippen LogP contribution in [0.5, 0.6) is 0 Å². The van der Waals surface area contributed by atoms with Crippen molar-refractivity contribution in [2.45, 2.75) is 25.4 Å². The largest absolute Gasteiger partial charge is 0.359 e. The maximum atomic E-state index is 12.0. The zero-order valence-corrected chi connectivity index (χ0v) is 17.2. The molecule has 0 spiro atoms. The van der Waals surface area contributed by atoms with Gasteiger partial charge in [-0.1, -0.05) is 30.3 Å². The molecule has 0 aliphatic carbocycles. The third-order valence-corrected chi connectivity index (χ3v) is 6.24. The Bertz CT molecular complexity index is 1200. The van der Waals surface area contributed by atoms with E-state index in [-0.39, 0.29) is 5.56 Å². The predicted octanol–water partition coefficient (Wildman–Crippen LogP) is 3.52. The molecule has 3 aromatic heterocycles. The van der Waals surface area contributed by atoms with Gasteiger partial charge in [0.2, 0.25) is 0 Å². The third kappa shape index (κ3) is 3.96. The van der Waals surface area contributed by atoms with Gasteiger partial charge in [0.05, 0.1) is 11.7 Å². The molecule has 1 saturated heterocycles. The monoisotopic (exact) mass is 418 g/mol. The van der Waals surface area contributed by atoms with E-state index in [0.717, 1.165) is 43.3 Å². The normalized spacial score (nSPS) is 15.5. The number of H-pyrrole nitrogens is 1. The van der Waals surface area contributed by atoms with Crippen molar-refractivity contribution in [1.82, 2.24) is 24.8 Å².